The van der Waals surface area contributed by atoms with Gasteiger partial charge in [0, 0.05) is 10.3 Å². The second-order valence-electron chi connectivity index (χ2n) is 4.35. The first-order valence-electron chi connectivity index (χ1n) is 6.22. The fourth-order valence-corrected chi connectivity index (χ4v) is 3.29. The van der Waals surface area contributed by atoms with Gasteiger partial charge in [0.25, 0.3) is 5.91 Å². The SMILES string of the molecule is O=C(NC(c1ccc(F)cc1)c1cccs1)c1cscn1. The van der Waals surface area contributed by atoms with E-state index < -0.39 is 0 Å². The topological polar surface area (TPSA) is 42.0 Å². The minimum Gasteiger partial charge on any atom is -0.339 e. The molecule has 0 aliphatic carbocycles. The summed E-state index contributed by atoms with van der Waals surface area (Å²) in [4.78, 5) is 17.2. The van der Waals surface area contributed by atoms with Crippen LogP contribution in [0.25, 0.3) is 0 Å². The first-order chi connectivity index (χ1) is 10.2. The fraction of sp³-hybridized carbons (Fsp3) is 0.0667. The Morgan fingerprint density at radius 3 is 2.67 bits per heavy atom. The molecule has 1 atom stereocenters. The van der Waals surface area contributed by atoms with E-state index in [4.69, 9.17) is 0 Å². The number of hydrogen-bond acceptors (Lipinski definition) is 4. The summed E-state index contributed by atoms with van der Waals surface area (Å²) in [6, 6.07) is 9.71. The van der Waals surface area contributed by atoms with Crippen LogP contribution in [0.2, 0.25) is 0 Å². The fourth-order valence-electron chi connectivity index (χ4n) is 1.96. The van der Waals surface area contributed by atoms with Crippen LogP contribution < -0.4 is 5.32 Å². The van der Waals surface area contributed by atoms with Gasteiger partial charge in [0.15, 0.2) is 0 Å². The summed E-state index contributed by atoms with van der Waals surface area (Å²) in [5.41, 5.74) is 2.85. The summed E-state index contributed by atoms with van der Waals surface area (Å²) in [7, 11) is 0. The summed E-state index contributed by atoms with van der Waals surface area (Å²) in [5.74, 6) is -0.534. The van der Waals surface area contributed by atoms with Crippen molar-refractivity contribution in [3.8, 4) is 0 Å². The van der Waals surface area contributed by atoms with Crippen molar-refractivity contribution in [1.82, 2.24) is 10.3 Å². The van der Waals surface area contributed by atoms with E-state index in [2.05, 4.69) is 10.3 Å². The highest BCUT2D eigenvalue weighted by Crippen LogP contribution is 2.26. The minimum atomic E-state index is -0.306. The maximum atomic E-state index is 13.1. The van der Waals surface area contributed by atoms with Gasteiger partial charge in [-0.05, 0) is 29.1 Å². The molecule has 21 heavy (non-hydrogen) atoms. The number of benzene rings is 1. The number of hydrogen-bond donors (Lipinski definition) is 1. The van der Waals surface area contributed by atoms with E-state index in [1.165, 1.54) is 23.5 Å². The second-order valence-corrected chi connectivity index (χ2v) is 6.05. The van der Waals surface area contributed by atoms with Gasteiger partial charge in [0.2, 0.25) is 0 Å². The van der Waals surface area contributed by atoms with Gasteiger partial charge < -0.3 is 5.32 Å². The summed E-state index contributed by atoms with van der Waals surface area (Å²) in [6.45, 7) is 0. The highest BCUT2D eigenvalue weighted by molar-refractivity contribution is 7.10. The van der Waals surface area contributed by atoms with E-state index in [-0.39, 0.29) is 17.8 Å². The van der Waals surface area contributed by atoms with E-state index in [0.717, 1.165) is 10.4 Å². The summed E-state index contributed by atoms with van der Waals surface area (Å²) < 4.78 is 13.1. The Hall–Kier alpha value is -2.05. The lowest BCUT2D eigenvalue weighted by atomic mass is 10.1. The number of carbonyl (C=O) groups is 1. The molecule has 1 amide bonds. The highest BCUT2D eigenvalue weighted by atomic mass is 32.1. The van der Waals surface area contributed by atoms with Crippen molar-refractivity contribution in [2.75, 3.05) is 0 Å². The van der Waals surface area contributed by atoms with Crippen LogP contribution in [0.15, 0.2) is 52.7 Å². The predicted molar refractivity (Wildman–Crippen MR) is 82.1 cm³/mol. The average Bonchev–Trinajstić information content (AvgIpc) is 3.19. The summed E-state index contributed by atoms with van der Waals surface area (Å²) in [6.07, 6.45) is 0. The molecule has 3 rings (SSSR count). The number of halogens is 1. The van der Waals surface area contributed by atoms with Crippen molar-refractivity contribution in [2.24, 2.45) is 0 Å². The van der Waals surface area contributed by atoms with Gasteiger partial charge in [-0.3, -0.25) is 4.79 Å². The third-order valence-electron chi connectivity index (χ3n) is 2.97. The zero-order valence-electron chi connectivity index (χ0n) is 10.8. The number of thiazole rings is 1. The first kappa shape index (κ1) is 13.9. The largest absolute Gasteiger partial charge is 0.339 e. The van der Waals surface area contributed by atoms with Crippen LogP contribution in [0.4, 0.5) is 4.39 Å². The van der Waals surface area contributed by atoms with Gasteiger partial charge in [-0.2, -0.15) is 0 Å². The Kier molecular flexibility index (Phi) is 4.08. The number of aromatic nitrogens is 1. The van der Waals surface area contributed by atoms with Crippen molar-refractivity contribution in [3.05, 3.63) is 74.6 Å². The van der Waals surface area contributed by atoms with Gasteiger partial charge in [-0.25, -0.2) is 9.37 Å². The van der Waals surface area contributed by atoms with Crippen molar-refractivity contribution in [1.29, 1.82) is 0 Å². The molecule has 3 aromatic rings. The molecule has 1 unspecified atom stereocenters. The van der Waals surface area contributed by atoms with Crippen LogP contribution in [0.5, 0.6) is 0 Å². The molecular weight excluding hydrogens is 307 g/mol. The van der Waals surface area contributed by atoms with Gasteiger partial charge in [0.1, 0.15) is 11.5 Å². The zero-order chi connectivity index (χ0) is 14.7. The van der Waals surface area contributed by atoms with Crippen LogP contribution in [-0.2, 0) is 0 Å². The van der Waals surface area contributed by atoms with Gasteiger partial charge in [-0.15, -0.1) is 22.7 Å². The summed E-state index contributed by atoms with van der Waals surface area (Å²) in [5, 5.41) is 6.60. The van der Waals surface area contributed by atoms with Crippen molar-refractivity contribution < 1.29 is 9.18 Å². The van der Waals surface area contributed by atoms with Crippen molar-refractivity contribution in [3.63, 3.8) is 0 Å². The minimum absolute atomic E-state index is 0.237. The monoisotopic (exact) mass is 318 g/mol. The van der Waals surface area contributed by atoms with Crippen LogP contribution in [0.1, 0.15) is 27.0 Å². The second kappa shape index (κ2) is 6.15. The number of amides is 1. The maximum Gasteiger partial charge on any atom is 0.271 e. The van der Waals surface area contributed by atoms with E-state index in [9.17, 15) is 9.18 Å². The number of rotatable bonds is 4. The molecule has 0 saturated heterocycles. The summed E-state index contributed by atoms with van der Waals surface area (Å²) >= 11 is 2.91. The molecule has 6 heteroatoms. The Labute approximate surface area is 129 Å². The van der Waals surface area contributed by atoms with E-state index in [1.807, 2.05) is 17.5 Å². The van der Waals surface area contributed by atoms with Gasteiger partial charge in [-0.1, -0.05) is 18.2 Å². The average molecular weight is 318 g/mol. The lowest BCUT2D eigenvalue weighted by molar-refractivity contribution is 0.0939. The van der Waals surface area contributed by atoms with E-state index in [0.29, 0.717) is 5.69 Å². The van der Waals surface area contributed by atoms with Crippen LogP contribution in [0.3, 0.4) is 0 Å². The molecule has 1 aromatic carbocycles. The number of carbonyl (C=O) groups excluding carboxylic acids is 1. The van der Waals surface area contributed by atoms with Crippen molar-refractivity contribution in [2.45, 2.75) is 6.04 Å². The smallest absolute Gasteiger partial charge is 0.271 e. The molecule has 0 saturated carbocycles. The molecule has 0 bridgehead atoms. The van der Waals surface area contributed by atoms with Crippen LogP contribution >= 0.6 is 22.7 Å². The molecule has 0 aliphatic heterocycles. The molecule has 0 spiro atoms. The quantitative estimate of drug-likeness (QED) is 0.793. The van der Waals surface area contributed by atoms with E-state index in [1.54, 1.807) is 34.4 Å². The van der Waals surface area contributed by atoms with Crippen LogP contribution in [-0.4, -0.2) is 10.9 Å². The molecule has 3 nitrogen and oxygen atoms in total. The predicted octanol–water partition coefficient (Wildman–Crippen LogP) is 3.86. The molecule has 0 fully saturated rings. The molecule has 106 valence electrons. The molecule has 2 heterocycles. The molecular formula is C15H11FN2OS2. The third kappa shape index (κ3) is 3.17. The normalized spacial score (nSPS) is 12.0. The maximum absolute atomic E-state index is 13.1. The molecule has 0 aliphatic rings. The van der Waals surface area contributed by atoms with E-state index >= 15 is 0 Å². The standard InChI is InChI=1S/C15H11FN2OS2/c16-11-5-3-10(4-6-11)14(13-2-1-7-21-13)18-15(19)12-8-20-9-17-12/h1-9,14H,(H,18,19). The first-order valence-corrected chi connectivity index (χ1v) is 8.04. The lowest BCUT2D eigenvalue weighted by Crippen LogP contribution is -2.29. The number of nitrogens with one attached hydrogen (secondary N) is 1. The van der Waals surface area contributed by atoms with Gasteiger partial charge >= 0.3 is 0 Å². The Bertz CT molecular complexity index is 709. The zero-order valence-corrected chi connectivity index (χ0v) is 12.5. The molecule has 1 N–H and O–H groups in total. The number of thiophene rings is 1. The van der Waals surface area contributed by atoms with Crippen molar-refractivity contribution >= 4 is 28.6 Å². The Balaban J connectivity index is 1.90. The highest BCUT2D eigenvalue weighted by Gasteiger charge is 2.19. The lowest BCUT2D eigenvalue weighted by Gasteiger charge is -2.17. The number of nitrogens with zero attached hydrogens (tertiary/aromatic N) is 1. The molecule has 2 aromatic heterocycles. The Morgan fingerprint density at radius 1 is 1.24 bits per heavy atom. The van der Waals surface area contributed by atoms with Crippen LogP contribution in [0, 0.1) is 5.82 Å². The third-order valence-corrected chi connectivity index (χ3v) is 4.50. The molecule has 0 radical (unpaired) electrons. The van der Waals surface area contributed by atoms with Gasteiger partial charge in [0.05, 0.1) is 11.6 Å². The Morgan fingerprint density at radius 2 is 2.05 bits per heavy atom.